The van der Waals surface area contributed by atoms with Gasteiger partial charge in [-0.25, -0.2) is 16.8 Å². The summed E-state index contributed by atoms with van der Waals surface area (Å²) in [5.41, 5.74) is 6.30. The Labute approximate surface area is 126 Å². The second-order valence-corrected chi connectivity index (χ2v) is 9.26. The van der Waals surface area contributed by atoms with Gasteiger partial charge in [0.1, 0.15) is 9.84 Å². The molecule has 0 aromatic heterocycles. The average Bonchev–Trinajstić information content (AvgIpc) is 2.41. The van der Waals surface area contributed by atoms with Crippen LogP contribution in [-0.4, -0.2) is 52.0 Å². The van der Waals surface area contributed by atoms with Crippen LogP contribution >= 0.6 is 0 Å². The summed E-state index contributed by atoms with van der Waals surface area (Å²) in [7, 11) is -6.94. The van der Waals surface area contributed by atoms with Crippen LogP contribution < -0.4 is 5.73 Å². The Hall–Kier alpha value is -0.960. The van der Waals surface area contributed by atoms with Gasteiger partial charge < -0.3 is 5.73 Å². The molecule has 0 atom stereocenters. The Morgan fingerprint density at radius 3 is 2.19 bits per heavy atom. The van der Waals surface area contributed by atoms with E-state index in [1.807, 2.05) is 30.3 Å². The van der Waals surface area contributed by atoms with E-state index < -0.39 is 25.6 Å². The van der Waals surface area contributed by atoms with Crippen molar-refractivity contribution in [2.75, 3.05) is 30.9 Å². The Morgan fingerprint density at radius 1 is 1.05 bits per heavy atom. The fraction of sp³-hybridized carbons (Fsp3) is 0.538. The Balaban J connectivity index is 2.85. The lowest BCUT2D eigenvalue weighted by molar-refractivity contribution is 0.402. The van der Waals surface area contributed by atoms with Crippen LogP contribution in [-0.2, 0) is 26.4 Å². The molecule has 0 saturated carbocycles. The van der Waals surface area contributed by atoms with Gasteiger partial charge in [0.15, 0.2) is 0 Å². The monoisotopic (exact) mass is 334 g/mol. The molecule has 0 bridgehead atoms. The van der Waals surface area contributed by atoms with Gasteiger partial charge in [0, 0.05) is 19.3 Å². The number of nitrogens with two attached hydrogens (primary N) is 1. The highest BCUT2D eigenvalue weighted by Gasteiger charge is 2.23. The second-order valence-electron chi connectivity index (χ2n) is 4.91. The molecular weight excluding hydrogens is 312 g/mol. The first-order chi connectivity index (χ1) is 9.74. The molecule has 1 aromatic carbocycles. The molecule has 0 unspecified atom stereocenters. The molecule has 0 spiro atoms. The highest BCUT2D eigenvalue weighted by Crippen LogP contribution is 2.11. The summed E-state index contributed by atoms with van der Waals surface area (Å²) in [6.07, 6.45) is 1.56. The minimum Gasteiger partial charge on any atom is -0.330 e. The van der Waals surface area contributed by atoms with Crippen LogP contribution in [0.5, 0.6) is 0 Å². The summed E-state index contributed by atoms with van der Waals surface area (Å²) < 4.78 is 48.3. The molecule has 120 valence electrons. The van der Waals surface area contributed by atoms with Gasteiger partial charge in [-0.15, -0.1) is 0 Å². The van der Waals surface area contributed by atoms with Gasteiger partial charge in [0.05, 0.1) is 11.5 Å². The largest absolute Gasteiger partial charge is 0.330 e. The number of sulfonamides is 1. The van der Waals surface area contributed by atoms with E-state index in [0.717, 1.165) is 11.8 Å². The van der Waals surface area contributed by atoms with E-state index in [9.17, 15) is 16.8 Å². The number of benzene rings is 1. The van der Waals surface area contributed by atoms with E-state index in [1.54, 1.807) is 0 Å². The predicted octanol–water partition coefficient (Wildman–Crippen LogP) is 0.212. The smallest absolute Gasteiger partial charge is 0.215 e. The van der Waals surface area contributed by atoms with Crippen LogP contribution in [0.15, 0.2) is 30.3 Å². The Bertz CT molecular complexity index is 627. The summed E-state index contributed by atoms with van der Waals surface area (Å²) in [4.78, 5) is 0. The van der Waals surface area contributed by atoms with Crippen molar-refractivity contribution in [1.82, 2.24) is 4.31 Å². The molecule has 8 heteroatoms. The lowest BCUT2D eigenvalue weighted by atomic mass is 10.2. The first kappa shape index (κ1) is 18.1. The summed E-state index contributed by atoms with van der Waals surface area (Å²) >= 11 is 0. The minimum absolute atomic E-state index is 0.229. The van der Waals surface area contributed by atoms with Gasteiger partial charge >= 0.3 is 0 Å². The third kappa shape index (κ3) is 7.03. The molecule has 0 amide bonds. The standard InChI is InChI=1S/C13H22N2O4S2/c1-20(16,17)10-11-21(18,19)15(9-5-8-14)12-13-6-3-2-4-7-13/h2-4,6-7H,5,8-12,14H2,1H3. The number of rotatable bonds is 9. The third-order valence-electron chi connectivity index (χ3n) is 2.92. The maximum Gasteiger partial charge on any atom is 0.215 e. The first-order valence-electron chi connectivity index (χ1n) is 6.64. The number of hydrogen-bond donors (Lipinski definition) is 1. The average molecular weight is 334 g/mol. The van der Waals surface area contributed by atoms with E-state index in [4.69, 9.17) is 5.73 Å². The van der Waals surface area contributed by atoms with Crippen LogP contribution in [0.1, 0.15) is 12.0 Å². The fourth-order valence-corrected chi connectivity index (χ4v) is 4.82. The Morgan fingerprint density at radius 2 is 1.67 bits per heavy atom. The molecule has 6 nitrogen and oxygen atoms in total. The molecule has 0 fully saturated rings. The highest BCUT2D eigenvalue weighted by atomic mass is 32.2. The molecule has 2 N–H and O–H groups in total. The molecular formula is C13H22N2O4S2. The normalized spacial score (nSPS) is 12.7. The van der Waals surface area contributed by atoms with Crippen molar-refractivity contribution >= 4 is 19.9 Å². The van der Waals surface area contributed by atoms with Crippen molar-refractivity contribution in [1.29, 1.82) is 0 Å². The number of sulfone groups is 1. The first-order valence-corrected chi connectivity index (χ1v) is 10.3. The van der Waals surface area contributed by atoms with E-state index in [1.165, 1.54) is 4.31 Å². The van der Waals surface area contributed by atoms with Crippen molar-refractivity contribution < 1.29 is 16.8 Å². The molecule has 0 saturated heterocycles. The van der Waals surface area contributed by atoms with Gasteiger partial charge in [0.2, 0.25) is 10.0 Å². The topological polar surface area (TPSA) is 97.5 Å². The highest BCUT2D eigenvalue weighted by molar-refractivity contribution is 7.93. The van der Waals surface area contributed by atoms with Crippen molar-refractivity contribution in [3.63, 3.8) is 0 Å². The Kier molecular flexibility index (Phi) is 6.79. The summed E-state index contributed by atoms with van der Waals surface area (Å²) in [5, 5.41) is 0. The molecule has 0 radical (unpaired) electrons. The van der Waals surface area contributed by atoms with Gasteiger partial charge in [0.25, 0.3) is 0 Å². The van der Waals surface area contributed by atoms with Crippen LogP contribution in [0.4, 0.5) is 0 Å². The fourth-order valence-electron chi connectivity index (χ4n) is 1.76. The zero-order chi connectivity index (χ0) is 15.9. The zero-order valence-corrected chi connectivity index (χ0v) is 13.7. The molecule has 0 aliphatic rings. The van der Waals surface area contributed by atoms with Crippen LogP contribution in [0.3, 0.4) is 0 Å². The quantitative estimate of drug-likeness (QED) is 0.696. The lowest BCUT2D eigenvalue weighted by Gasteiger charge is -2.22. The van der Waals surface area contributed by atoms with Crippen molar-refractivity contribution in [3.05, 3.63) is 35.9 Å². The van der Waals surface area contributed by atoms with E-state index in [0.29, 0.717) is 13.0 Å². The van der Waals surface area contributed by atoms with Crippen molar-refractivity contribution in [3.8, 4) is 0 Å². The maximum atomic E-state index is 12.3. The van der Waals surface area contributed by atoms with E-state index in [-0.39, 0.29) is 18.8 Å². The number of nitrogens with zero attached hydrogens (tertiary/aromatic N) is 1. The van der Waals surface area contributed by atoms with Crippen molar-refractivity contribution in [2.24, 2.45) is 5.73 Å². The SMILES string of the molecule is CS(=O)(=O)CCS(=O)(=O)N(CCCN)Cc1ccccc1. The molecule has 0 aliphatic carbocycles. The van der Waals surface area contributed by atoms with E-state index in [2.05, 4.69) is 0 Å². The van der Waals surface area contributed by atoms with Crippen molar-refractivity contribution in [2.45, 2.75) is 13.0 Å². The lowest BCUT2D eigenvalue weighted by Crippen LogP contribution is -2.36. The molecule has 21 heavy (non-hydrogen) atoms. The maximum absolute atomic E-state index is 12.3. The van der Waals surface area contributed by atoms with Gasteiger partial charge in [-0.3, -0.25) is 0 Å². The van der Waals surface area contributed by atoms with Gasteiger partial charge in [-0.05, 0) is 18.5 Å². The molecule has 1 rings (SSSR count). The predicted molar refractivity (Wildman–Crippen MR) is 84.0 cm³/mol. The number of hydrogen-bond acceptors (Lipinski definition) is 5. The summed E-state index contributed by atoms with van der Waals surface area (Å²) in [6.45, 7) is 0.900. The van der Waals surface area contributed by atoms with Crippen LogP contribution in [0, 0.1) is 0 Å². The summed E-state index contributed by atoms with van der Waals surface area (Å²) in [6, 6.07) is 9.19. The van der Waals surface area contributed by atoms with Crippen LogP contribution in [0.2, 0.25) is 0 Å². The van der Waals surface area contributed by atoms with Gasteiger partial charge in [-0.1, -0.05) is 30.3 Å². The molecule has 1 aromatic rings. The second kappa shape index (κ2) is 7.88. The van der Waals surface area contributed by atoms with E-state index >= 15 is 0 Å². The van der Waals surface area contributed by atoms with Crippen LogP contribution in [0.25, 0.3) is 0 Å². The molecule has 0 aliphatic heterocycles. The summed E-state index contributed by atoms with van der Waals surface area (Å²) in [5.74, 6) is -0.771. The minimum atomic E-state index is -3.63. The van der Waals surface area contributed by atoms with Gasteiger partial charge in [-0.2, -0.15) is 4.31 Å². The zero-order valence-electron chi connectivity index (χ0n) is 12.1. The molecule has 0 heterocycles. The third-order valence-corrected chi connectivity index (χ3v) is 5.94.